The molecule has 4 N–H and O–H groups in total. The van der Waals surface area contributed by atoms with Crippen molar-refractivity contribution in [1.82, 2.24) is 10.6 Å². The minimum Gasteiger partial charge on any atom is -0.385 e. The SMILES string of the molecule is C=C(N=C(ON)C(=O)NCCNC(=O)COC1C=CC(Cl)=C(C)C1)C1C=CC=CC1F. The van der Waals surface area contributed by atoms with E-state index in [-0.39, 0.29) is 37.4 Å². The normalized spacial score (nSPS) is 23.0. The molecule has 2 aliphatic carbocycles. The van der Waals surface area contributed by atoms with Gasteiger partial charge in [0.2, 0.25) is 5.91 Å². The first-order chi connectivity index (χ1) is 14.8. The third-order valence-corrected chi connectivity index (χ3v) is 4.99. The largest absolute Gasteiger partial charge is 0.385 e. The molecule has 2 aliphatic rings. The Bertz CT molecular complexity index is 850. The van der Waals surface area contributed by atoms with Gasteiger partial charge in [-0.2, -0.15) is 5.90 Å². The summed E-state index contributed by atoms with van der Waals surface area (Å²) in [6.45, 7) is 5.70. The van der Waals surface area contributed by atoms with Crippen LogP contribution < -0.4 is 16.5 Å². The number of hydrogen-bond donors (Lipinski definition) is 3. The second kappa shape index (κ2) is 12.2. The summed E-state index contributed by atoms with van der Waals surface area (Å²) < 4.78 is 19.4. The standard InChI is InChI=1S/C21H26ClFN4O4/c1-13-11-15(7-8-17(13)22)30-12-19(28)25-9-10-26-20(29)21(31-24)27-14(2)16-5-3-4-6-18(16)23/h3-8,15-16,18H,2,9-12,24H2,1H3,(H,25,28)(H,26,29). The predicted molar refractivity (Wildman–Crippen MR) is 117 cm³/mol. The lowest BCUT2D eigenvalue weighted by molar-refractivity contribution is -0.127. The lowest BCUT2D eigenvalue weighted by Gasteiger charge is -2.18. The second-order valence-electron chi connectivity index (χ2n) is 6.91. The number of aliphatic imine (C=N–C) groups is 1. The lowest BCUT2D eigenvalue weighted by atomic mass is 9.96. The van der Waals surface area contributed by atoms with Crippen LogP contribution in [0.2, 0.25) is 0 Å². The van der Waals surface area contributed by atoms with E-state index in [0.717, 1.165) is 5.57 Å². The smallest absolute Gasteiger partial charge is 0.308 e. The number of carbonyl (C=O) groups is 2. The summed E-state index contributed by atoms with van der Waals surface area (Å²) in [5.41, 5.74) is 1.09. The van der Waals surface area contributed by atoms with Crippen molar-refractivity contribution in [3.63, 3.8) is 0 Å². The first-order valence-corrected chi connectivity index (χ1v) is 10.0. The van der Waals surface area contributed by atoms with Crippen LogP contribution in [0.15, 0.2) is 64.3 Å². The molecule has 0 bridgehead atoms. The van der Waals surface area contributed by atoms with E-state index in [2.05, 4.69) is 27.0 Å². The number of amides is 2. The first kappa shape index (κ1) is 24.5. The minimum atomic E-state index is -1.30. The van der Waals surface area contributed by atoms with Crippen LogP contribution in [-0.4, -0.2) is 49.7 Å². The van der Waals surface area contributed by atoms with Crippen molar-refractivity contribution in [2.24, 2.45) is 16.8 Å². The van der Waals surface area contributed by atoms with E-state index in [1.807, 2.05) is 6.92 Å². The van der Waals surface area contributed by atoms with Gasteiger partial charge in [-0.15, -0.1) is 0 Å². The van der Waals surface area contributed by atoms with Crippen LogP contribution in [-0.2, 0) is 19.2 Å². The van der Waals surface area contributed by atoms with Gasteiger partial charge in [-0.25, -0.2) is 9.38 Å². The van der Waals surface area contributed by atoms with Crippen molar-refractivity contribution in [3.05, 3.63) is 59.3 Å². The van der Waals surface area contributed by atoms with E-state index < -0.39 is 23.9 Å². The van der Waals surface area contributed by atoms with E-state index >= 15 is 0 Å². The summed E-state index contributed by atoms with van der Waals surface area (Å²) in [5, 5.41) is 5.80. The number of nitrogens with zero attached hydrogens (tertiary/aromatic N) is 1. The van der Waals surface area contributed by atoms with Crippen molar-refractivity contribution in [2.45, 2.75) is 25.6 Å². The van der Waals surface area contributed by atoms with E-state index in [4.69, 9.17) is 22.2 Å². The Balaban J connectivity index is 1.69. The van der Waals surface area contributed by atoms with Gasteiger partial charge < -0.3 is 20.2 Å². The molecule has 10 heteroatoms. The second-order valence-corrected chi connectivity index (χ2v) is 7.32. The molecule has 8 nitrogen and oxygen atoms in total. The summed E-state index contributed by atoms with van der Waals surface area (Å²) in [6.07, 6.45) is 8.84. The van der Waals surface area contributed by atoms with Crippen molar-refractivity contribution in [2.75, 3.05) is 19.7 Å². The highest BCUT2D eigenvalue weighted by atomic mass is 35.5. The Morgan fingerprint density at radius 1 is 1.29 bits per heavy atom. The molecule has 3 atom stereocenters. The molecule has 0 saturated heterocycles. The molecule has 2 amide bonds. The molecule has 0 heterocycles. The van der Waals surface area contributed by atoms with Gasteiger partial charge in [0, 0.05) is 23.8 Å². The number of nitrogens with one attached hydrogen (secondary N) is 2. The number of rotatable bonds is 8. The van der Waals surface area contributed by atoms with Crippen LogP contribution in [0.4, 0.5) is 4.39 Å². The summed E-state index contributed by atoms with van der Waals surface area (Å²) in [5.74, 6) is 2.89. The van der Waals surface area contributed by atoms with E-state index in [0.29, 0.717) is 11.5 Å². The maximum Gasteiger partial charge on any atom is 0.308 e. The van der Waals surface area contributed by atoms with Gasteiger partial charge >= 0.3 is 11.8 Å². The molecule has 0 aliphatic heterocycles. The fourth-order valence-corrected chi connectivity index (χ4v) is 2.96. The molecule has 0 fully saturated rings. The summed E-state index contributed by atoms with van der Waals surface area (Å²) in [6, 6.07) is 0. The van der Waals surface area contributed by atoms with Crippen LogP contribution in [0.3, 0.4) is 0 Å². The molecule has 0 aromatic carbocycles. The Hall–Kier alpha value is -2.75. The number of carbonyl (C=O) groups excluding carboxylic acids is 2. The Kier molecular flexibility index (Phi) is 9.64. The number of allylic oxidation sites excluding steroid dienone is 6. The number of nitrogens with two attached hydrogens (primary N) is 1. The van der Waals surface area contributed by atoms with Crippen molar-refractivity contribution in [3.8, 4) is 0 Å². The summed E-state index contributed by atoms with van der Waals surface area (Å²) in [7, 11) is 0. The van der Waals surface area contributed by atoms with Crippen LogP contribution in [0.1, 0.15) is 13.3 Å². The van der Waals surface area contributed by atoms with Gasteiger partial charge in [0.05, 0.1) is 12.0 Å². The molecular weight excluding hydrogens is 427 g/mol. The summed E-state index contributed by atoms with van der Waals surface area (Å²) >= 11 is 5.98. The fraction of sp³-hybridized carbons (Fsp3) is 0.381. The van der Waals surface area contributed by atoms with E-state index in [1.54, 1.807) is 30.4 Å². The Morgan fingerprint density at radius 2 is 2.00 bits per heavy atom. The maximum absolute atomic E-state index is 13.9. The van der Waals surface area contributed by atoms with Gasteiger partial charge in [-0.1, -0.05) is 48.1 Å². The molecular formula is C21H26ClFN4O4. The lowest BCUT2D eigenvalue weighted by Crippen LogP contribution is -2.40. The monoisotopic (exact) mass is 452 g/mol. The van der Waals surface area contributed by atoms with Crippen LogP contribution in [0.5, 0.6) is 0 Å². The summed E-state index contributed by atoms with van der Waals surface area (Å²) in [4.78, 5) is 32.4. The molecule has 0 spiro atoms. The maximum atomic E-state index is 13.9. The highest BCUT2D eigenvalue weighted by Crippen LogP contribution is 2.24. The molecule has 2 rings (SSSR count). The number of ether oxygens (including phenoxy) is 1. The van der Waals surface area contributed by atoms with Gasteiger partial charge in [-0.3, -0.25) is 9.59 Å². The van der Waals surface area contributed by atoms with Crippen LogP contribution in [0, 0.1) is 5.92 Å². The average Bonchev–Trinajstić information content (AvgIpc) is 2.75. The molecule has 0 radical (unpaired) electrons. The zero-order valence-electron chi connectivity index (χ0n) is 17.1. The Morgan fingerprint density at radius 3 is 2.68 bits per heavy atom. The molecule has 168 valence electrons. The van der Waals surface area contributed by atoms with Gasteiger partial charge in [0.25, 0.3) is 0 Å². The predicted octanol–water partition coefficient (Wildman–Crippen LogP) is 1.96. The average molecular weight is 453 g/mol. The molecule has 0 aromatic rings. The number of alkyl halides is 1. The number of hydrogen-bond acceptors (Lipinski definition) is 6. The topological polar surface area (TPSA) is 115 Å². The van der Waals surface area contributed by atoms with Gasteiger partial charge in [0.1, 0.15) is 12.8 Å². The number of halogens is 2. The fourth-order valence-electron chi connectivity index (χ4n) is 2.81. The first-order valence-electron chi connectivity index (χ1n) is 9.65. The van der Waals surface area contributed by atoms with Crippen LogP contribution >= 0.6 is 11.6 Å². The van der Waals surface area contributed by atoms with Crippen molar-refractivity contribution < 1.29 is 23.6 Å². The van der Waals surface area contributed by atoms with E-state index in [1.165, 1.54) is 6.08 Å². The van der Waals surface area contributed by atoms with Gasteiger partial charge in [-0.05, 0) is 25.5 Å². The quantitative estimate of drug-likeness (QED) is 0.225. The van der Waals surface area contributed by atoms with Gasteiger partial charge in [0.15, 0.2) is 0 Å². The molecule has 0 aromatic heterocycles. The molecule has 3 unspecified atom stereocenters. The van der Waals surface area contributed by atoms with Crippen molar-refractivity contribution in [1.29, 1.82) is 0 Å². The molecule has 31 heavy (non-hydrogen) atoms. The highest BCUT2D eigenvalue weighted by Gasteiger charge is 2.23. The third-order valence-electron chi connectivity index (χ3n) is 4.54. The van der Waals surface area contributed by atoms with Crippen molar-refractivity contribution >= 4 is 29.3 Å². The zero-order valence-corrected chi connectivity index (χ0v) is 17.9. The Labute approximate surface area is 185 Å². The third kappa shape index (κ3) is 7.78. The minimum absolute atomic E-state index is 0.0947. The molecule has 0 saturated carbocycles. The van der Waals surface area contributed by atoms with Crippen LogP contribution in [0.25, 0.3) is 0 Å². The highest BCUT2D eigenvalue weighted by molar-refractivity contribution is 6.35. The van der Waals surface area contributed by atoms with E-state index in [9.17, 15) is 14.0 Å². The zero-order chi connectivity index (χ0) is 22.8.